The molecule has 0 aromatic heterocycles. The van der Waals surface area contributed by atoms with Crippen molar-refractivity contribution in [2.24, 2.45) is 0 Å². The Bertz CT molecular complexity index is 611. The maximum absolute atomic E-state index is 13.2. The Morgan fingerprint density at radius 1 is 1.25 bits per heavy atom. The van der Waals surface area contributed by atoms with Crippen molar-refractivity contribution in [1.82, 2.24) is 0 Å². The molecule has 1 N–H and O–H groups in total. The number of methoxy groups -OCH3 is 1. The van der Waals surface area contributed by atoms with E-state index in [4.69, 9.17) is 9.84 Å². The Labute approximate surface area is 120 Å². The van der Waals surface area contributed by atoms with Gasteiger partial charge in [0.1, 0.15) is 11.6 Å². The molecular weight excluding hydrogens is 279 g/mol. The van der Waals surface area contributed by atoms with Crippen LogP contribution in [0.2, 0.25) is 0 Å². The van der Waals surface area contributed by atoms with Gasteiger partial charge in [-0.3, -0.25) is 0 Å². The predicted octanol–water partition coefficient (Wildman–Crippen LogP) is 3.82. The lowest BCUT2D eigenvalue weighted by Crippen LogP contribution is -2.02. The standard InChI is InChI=1S/C15H13FO3S/c1-19-12-3-5-13(6-4-12)20-9-10-8-11(16)2-7-14(10)15(17)18/h2-8H,9H2,1H3,(H,17,18). The van der Waals surface area contributed by atoms with Crippen molar-refractivity contribution >= 4 is 17.7 Å². The van der Waals surface area contributed by atoms with Gasteiger partial charge in [-0.15, -0.1) is 11.8 Å². The number of halogens is 1. The molecule has 0 unspecified atom stereocenters. The smallest absolute Gasteiger partial charge is 0.335 e. The molecule has 2 aromatic carbocycles. The summed E-state index contributed by atoms with van der Waals surface area (Å²) in [4.78, 5) is 12.0. The van der Waals surface area contributed by atoms with Gasteiger partial charge in [0.2, 0.25) is 0 Å². The van der Waals surface area contributed by atoms with E-state index in [-0.39, 0.29) is 5.56 Å². The molecule has 0 fully saturated rings. The monoisotopic (exact) mass is 292 g/mol. The summed E-state index contributed by atoms with van der Waals surface area (Å²) < 4.78 is 18.3. The molecule has 0 saturated carbocycles. The third kappa shape index (κ3) is 3.51. The second-order valence-electron chi connectivity index (χ2n) is 4.07. The SMILES string of the molecule is COc1ccc(SCc2cc(F)ccc2C(=O)O)cc1. The van der Waals surface area contributed by atoms with Crippen molar-refractivity contribution in [3.05, 3.63) is 59.4 Å². The average molecular weight is 292 g/mol. The number of hydrogen-bond acceptors (Lipinski definition) is 3. The topological polar surface area (TPSA) is 46.5 Å². The molecule has 104 valence electrons. The lowest BCUT2D eigenvalue weighted by molar-refractivity contribution is 0.0696. The van der Waals surface area contributed by atoms with Crippen molar-refractivity contribution in [2.75, 3.05) is 7.11 Å². The quantitative estimate of drug-likeness (QED) is 0.851. The highest BCUT2D eigenvalue weighted by molar-refractivity contribution is 7.98. The van der Waals surface area contributed by atoms with Crippen LogP contribution in [0.1, 0.15) is 15.9 Å². The first-order valence-corrected chi connectivity index (χ1v) is 6.87. The maximum atomic E-state index is 13.2. The number of carboxylic acid groups (broad SMARTS) is 1. The van der Waals surface area contributed by atoms with Gasteiger partial charge in [0, 0.05) is 10.6 Å². The van der Waals surface area contributed by atoms with Gasteiger partial charge >= 0.3 is 5.97 Å². The van der Waals surface area contributed by atoms with Crippen LogP contribution in [-0.2, 0) is 5.75 Å². The summed E-state index contributed by atoms with van der Waals surface area (Å²) in [5.41, 5.74) is 0.603. The zero-order valence-electron chi connectivity index (χ0n) is 10.8. The van der Waals surface area contributed by atoms with Gasteiger partial charge in [-0.05, 0) is 48.0 Å². The number of ether oxygens (including phenoxy) is 1. The molecule has 20 heavy (non-hydrogen) atoms. The third-order valence-electron chi connectivity index (χ3n) is 2.75. The van der Waals surface area contributed by atoms with E-state index in [2.05, 4.69) is 0 Å². The lowest BCUT2D eigenvalue weighted by atomic mass is 10.1. The Kier molecular flexibility index (Phi) is 4.63. The van der Waals surface area contributed by atoms with E-state index >= 15 is 0 Å². The van der Waals surface area contributed by atoms with Gasteiger partial charge in [0.05, 0.1) is 12.7 Å². The van der Waals surface area contributed by atoms with Crippen molar-refractivity contribution in [3.63, 3.8) is 0 Å². The largest absolute Gasteiger partial charge is 0.497 e. The molecule has 3 nitrogen and oxygen atoms in total. The molecule has 0 aliphatic carbocycles. The summed E-state index contributed by atoms with van der Waals surface area (Å²) in [5, 5.41) is 9.07. The van der Waals surface area contributed by atoms with Gasteiger partial charge in [-0.2, -0.15) is 0 Å². The fourth-order valence-electron chi connectivity index (χ4n) is 1.72. The van der Waals surface area contributed by atoms with Crippen molar-refractivity contribution in [3.8, 4) is 5.75 Å². The van der Waals surface area contributed by atoms with Crippen LogP contribution in [0.3, 0.4) is 0 Å². The first-order valence-electron chi connectivity index (χ1n) is 5.88. The van der Waals surface area contributed by atoms with Gasteiger partial charge in [-0.1, -0.05) is 0 Å². The molecule has 0 spiro atoms. The fourth-order valence-corrected chi connectivity index (χ4v) is 2.61. The molecule has 0 aliphatic rings. The van der Waals surface area contributed by atoms with Crippen LogP contribution in [0.4, 0.5) is 4.39 Å². The van der Waals surface area contributed by atoms with E-state index in [9.17, 15) is 9.18 Å². The third-order valence-corrected chi connectivity index (χ3v) is 3.81. The van der Waals surface area contributed by atoms with Crippen LogP contribution in [0.25, 0.3) is 0 Å². The van der Waals surface area contributed by atoms with E-state index in [1.165, 1.54) is 23.9 Å². The van der Waals surface area contributed by atoms with Crippen molar-refractivity contribution in [2.45, 2.75) is 10.6 Å². The van der Waals surface area contributed by atoms with Crippen molar-refractivity contribution in [1.29, 1.82) is 0 Å². The van der Waals surface area contributed by atoms with Crippen LogP contribution in [0, 0.1) is 5.82 Å². The molecule has 0 bridgehead atoms. The Hall–Kier alpha value is -2.01. The minimum atomic E-state index is -1.05. The molecule has 0 saturated heterocycles. The van der Waals surface area contributed by atoms with E-state index < -0.39 is 11.8 Å². The summed E-state index contributed by atoms with van der Waals surface area (Å²) >= 11 is 1.45. The summed E-state index contributed by atoms with van der Waals surface area (Å²) in [7, 11) is 1.59. The number of benzene rings is 2. The average Bonchev–Trinajstić information content (AvgIpc) is 2.45. The fraction of sp³-hybridized carbons (Fsp3) is 0.133. The summed E-state index contributed by atoms with van der Waals surface area (Å²) in [5.74, 6) is -0.326. The summed E-state index contributed by atoms with van der Waals surface area (Å²) in [6, 6.07) is 11.1. The second kappa shape index (κ2) is 6.43. The number of aromatic carboxylic acids is 1. The van der Waals surface area contributed by atoms with E-state index in [1.54, 1.807) is 7.11 Å². The molecular formula is C15H13FO3S. The highest BCUT2D eigenvalue weighted by Crippen LogP contribution is 2.26. The van der Waals surface area contributed by atoms with E-state index in [0.717, 1.165) is 16.7 Å². The zero-order valence-corrected chi connectivity index (χ0v) is 11.6. The minimum absolute atomic E-state index is 0.132. The highest BCUT2D eigenvalue weighted by Gasteiger charge is 2.11. The Balaban J connectivity index is 2.13. The second-order valence-corrected chi connectivity index (χ2v) is 5.12. The maximum Gasteiger partial charge on any atom is 0.335 e. The Morgan fingerprint density at radius 3 is 2.55 bits per heavy atom. The van der Waals surface area contributed by atoms with Crippen LogP contribution < -0.4 is 4.74 Å². The van der Waals surface area contributed by atoms with Crippen LogP contribution >= 0.6 is 11.8 Å². The van der Waals surface area contributed by atoms with Crippen molar-refractivity contribution < 1.29 is 19.0 Å². The molecule has 0 radical (unpaired) electrons. The Morgan fingerprint density at radius 2 is 1.95 bits per heavy atom. The van der Waals surface area contributed by atoms with Gasteiger partial charge in [0.15, 0.2) is 0 Å². The minimum Gasteiger partial charge on any atom is -0.497 e. The van der Waals surface area contributed by atoms with Gasteiger partial charge in [0.25, 0.3) is 0 Å². The molecule has 0 heterocycles. The molecule has 0 amide bonds. The first-order chi connectivity index (χ1) is 9.60. The molecule has 0 atom stereocenters. The number of thioether (sulfide) groups is 1. The number of carboxylic acids is 1. The lowest BCUT2D eigenvalue weighted by Gasteiger charge is -2.07. The molecule has 5 heteroatoms. The number of carbonyl (C=O) groups is 1. The molecule has 2 rings (SSSR count). The predicted molar refractivity (Wildman–Crippen MR) is 75.9 cm³/mol. The molecule has 2 aromatic rings. The van der Waals surface area contributed by atoms with Crippen LogP contribution in [0.5, 0.6) is 5.75 Å². The van der Waals surface area contributed by atoms with Crippen LogP contribution in [0.15, 0.2) is 47.4 Å². The summed E-state index contributed by atoms with van der Waals surface area (Å²) in [6.45, 7) is 0. The van der Waals surface area contributed by atoms with Gasteiger partial charge in [-0.25, -0.2) is 9.18 Å². The highest BCUT2D eigenvalue weighted by atomic mass is 32.2. The van der Waals surface area contributed by atoms with Gasteiger partial charge < -0.3 is 9.84 Å². The normalized spacial score (nSPS) is 10.3. The zero-order chi connectivity index (χ0) is 14.5. The van der Waals surface area contributed by atoms with E-state index in [1.807, 2.05) is 24.3 Å². The van der Waals surface area contributed by atoms with E-state index in [0.29, 0.717) is 11.3 Å². The number of rotatable bonds is 5. The van der Waals surface area contributed by atoms with Crippen LogP contribution in [-0.4, -0.2) is 18.2 Å². The summed E-state index contributed by atoms with van der Waals surface area (Å²) in [6.07, 6.45) is 0. The number of hydrogen-bond donors (Lipinski definition) is 1. The first kappa shape index (κ1) is 14.4. The molecule has 0 aliphatic heterocycles.